The van der Waals surface area contributed by atoms with E-state index in [4.69, 9.17) is 19.3 Å². The molecule has 0 saturated carbocycles. The molecule has 6 nitrogen and oxygen atoms in total. The molecule has 2 rings (SSSR count). The molecule has 21 heavy (non-hydrogen) atoms. The van der Waals surface area contributed by atoms with Gasteiger partial charge in [-0.25, -0.2) is 4.79 Å². The fourth-order valence-electron chi connectivity index (χ4n) is 1.18. The maximum atomic E-state index is 11.2. The minimum Gasteiger partial charge on any atom is -0.482 e. The Hall–Kier alpha value is -1.92. The maximum absolute atomic E-state index is 11.2. The largest absolute Gasteiger partial charge is 0.482 e. The zero-order chi connectivity index (χ0) is 15.7. The molecule has 1 unspecified atom stereocenters. The van der Waals surface area contributed by atoms with Crippen molar-refractivity contribution in [2.75, 3.05) is 19.8 Å². The highest BCUT2D eigenvalue weighted by Gasteiger charge is 2.24. The number of esters is 1. The minimum absolute atomic E-state index is 0.0609. The maximum Gasteiger partial charge on any atom is 0.344 e. The molecule has 1 saturated heterocycles. The van der Waals surface area contributed by atoms with Crippen molar-refractivity contribution in [1.29, 1.82) is 0 Å². The van der Waals surface area contributed by atoms with Crippen molar-refractivity contribution in [3.63, 3.8) is 0 Å². The predicted molar refractivity (Wildman–Crippen MR) is 75.4 cm³/mol. The Morgan fingerprint density at radius 1 is 1.43 bits per heavy atom. The first-order valence-corrected chi connectivity index (χ1v) is 6.64. The van der Waals surface area contributed by atoms with Gasteiger partial charge in [-0.1, -0.05) is 0 Å². The third-order valence-electron chi connectivity index (χ3n) is 2.21. The van der Waals surface area contributed by atoms with E-state index < -0.39 is 5.97 Å². The summed E-state index contributed by atoms with van der Waals surface area (Å²) in [5.41, 5.74) is 0.561. The summed E-state index contributed by atoms with van der Waals surface area (Å²) >= 11 is 0. The van der Waals surface area contributed by atoms with Crippen LogP contribution in [0, 0.1) is 0 Å². The molecule has 0 spiro atoms. The molecule has 1 N–H and O–H groups in total. The van der Waals surface area contributed by atoms with Crippen LogP contribution >= 0.6 is 0 Å². The molecular weight excluding hydrogens is 276 g/mol. The molecule has 1 heterocycles. The van der Waals surface area contributed by atoms with Gasteiger partial charge < -0.3 is 19.3 Å². The molecule has 1 aliphatic rings. The van der Waals surface area contributed by atoms with Crippen molar-refractivity contribution in [2.45, 2.75) is 26.1 Å². The number of carbonyl (C=O) groups is 2. The minimum atomic E-state index is -0.431. The van der Waals surface area contributed by atoms with Crippen LogP contribution in [0.25, 0.3) is 0 Å². The number of epoxide rings is 1. The zero-order valence-electron chi connectivity index (χ0n) is 12.2. The monoisotopic (exact) mass is 296 g/mol. The molecule has 6 heteroatoms. The van der Waals surface area contributed by atoms with Gasteiger partial charge in [0, 0.05) is 11.7 Å². The number of benzene rings is 1. The van der Waals surface area contributed by atoms with Crippen molar-refractivity contribution >= 4 is 12.3 Å². The summed E-state index contributed by atoms with van der Waals surface area (Å²) in [6.07, 6.45) is 0.638. The van der Waals surface area contributed by atoms with Crippen LogP contribution in [0.5, 0.6) is 5.75 Å². The van der Waals surface area contributed by atoms with Crippen LogP contribution in [0.2, 0.25) is 0 Å². The van der Waals surface area contributed by atoms with Gasteiger partial charge in [0.25, 0.3) is 0 Å². The second-order valence-electron chi connectivity index (χ2n) is 4.71. The number of hydrogen-bond donors (Lipinski definition) is 1. The van der Waals surface area contributed by atoms with E-state index in [-0.39, 0.29) is 25.4 Å². The van der Waals surface area contributed by atoms with Crippen LogP contribution in [0.4, 0.5) is 0 Å². The summed E-state index contributed by atoms with van der Waals surface area (Å²) in [6.45, 7) is 4.24. The zero-order valence-corrected chi connectivity index (χ0v) is 12.2. The van der Waals surface area contributed by atoms with Gasteiger partial charge in [0.2, 0.25) is 0 Å². The second-order valence-corrected chi connectivity index (χ2v) is 4.71. The topological polar surface area (TPSA) is 85.4 Å². The van der Waals surface area contributed by atoms with Gasteiger partial charge in [-0.05, 0) is 38.1 Å². The molecule has 0 aliphatic carbocycles. The highest BCUT2D eigenvalue weighted by atomic mass is 16.6. The van der Waals surface area contributed by atoms with Gasteiger partial charge in [0.1, 0.15) is 24.7 Å². The SMILES string of the molecule is CC(C)O.O=Cc1ccc(OCC(=O)OCC2CO2)cc1. The highest BCUT2D eigenvalue weighted by Crippen LogP contribution is 2.11. The molecule has 1 atom stereocenters. The van der Waals surface area contributed by atoms with E-state index in [0.717, 1.165) is 6.29 Å². The summed E-state index contributed by atoms with van der Waals surface area (Å²) in [5.74, 6) is 0.0928. The Morgan fingerprint density at radius 3 is 2.48 bits per heavy atom. The lowest BCUT2D eigenvalue weighted by Gasteiger charge is -2.05. The van der Waals surface area contributed by atoms with Gasteiger partial charge in [-0.2, -0.15) is 0 Å². The normalized spacial score (nSPS) is 15.7. The Kier molecular flexibility index (Phi) is 7.42. The Balaban J connectivity index is 0.000000491. The second kappa shape index (κ2) is 9.10. The van der Waals surface area contributed by atoms with Crippen molar-refractivity contribution in [3.8, 4) is 5.75 Å². The van der Waals surface area contributed by atoms with Crippen molar-refractivity contribution in [3.05, 3.63) is 29.8 Å². The molecule has 1 aromatic rings. The van der Waals surface area contributed by atoms with Crippen LogP contribution in [-0.4, -0.2) is 49.4 Å². The molecule has 0 bridgehead atoms. The van der Waals surface area contributed by atoms with Crippen molar-refractivity contribution < 1.29 is 28.9 Å². The van der Waals surface area contributed by atoms with Gasteiger partial charge in [-0.15, -0.1) is 0 Å². The number of aliphatic hydroxyl groups is 1. The van der Waals surface area contributed by atoms with Crippen LogP contribution in [0.15, 0.2) is 24.3 Å². The van der Waals surface area contributed by atoms with Gasteiger partial charge in [-0.3, -0.25) is 4.79 Å². The van der Waals surface area contributed by atoms with E-state index in [1.807, 2.05) is 0 Å². The average Bonchev–Trinajstić information content (AvgIpc) is 3.27. The molecule has 1 aliphatic heterocycles. The third kappa shape index (κ3) is 8.78. The van der Waals surface area contributed by atoms with Crippen molar-refractivity contribution in [2.24, 2.45) is 0 Å². The Morgan fingerprint density at radius 2 is 2.00 bits per heavy atom. The van der Waals surface area contributed by atoms with Crippen LogP contribution in [0.1, 0.15) is 24.2 Å². The predicted octanol–water partition coefficient (Wildman–Crippen LogP) is 1.21. The quantitative estimate of drug-likeness (QED) is 0.482. The highest BCUT2D eigenvalue weighted by molar-refractivity contribution is 5.75. The summed E-state index contributed by atoms with van der Waals surface area (Å²) < 4.78 is 15.0. The molecule has 1 aromatic carbocycles. The van der Waals surface area contributed by atoms with E-state index in [1.165, 1.54) is 0 Å². The van der Waals surface area contributed by atoms with Crippen molar-refractivity contribution in [1.82, 2.24) is 0 Å². The van der Waals surface area contributed by atoms with E-state index in [9.17, 15) is 9.59 Å². The number of rotatable bonds is 6. The third-order valence-corrected chi connectivity index (χ3v) is 2.21. The van der Waals surface area contributed by atoms with E-state index in [2.05, 4.69) is 0 Å². The first-order valence-electron chi connectivity index (χ1n) is 6.64. The molecule has 116 valence electrons. The van der Waals surface area contributed by atoms with E-state index in [1.54, 1.807) is 38.1 Å². The number of aldehydes is 1. The van der Waals surface area contributed by atoms with Crippen LogP contribution < -0.4 is 4.74 Å². The number of ether oxygens (including phenoxy) is 3. The molecule has 1 fully saturated rings. The Labute approximate surface area is 123 Å². The summed E-state index contributed by atoms with van der Waals surface area (Å²) in [7, 11) is 0. The molecule has 0 aromatic heterocycles. The number of hydrogen-bond acceptors (Lipinski definition) is 6. The van der Waals surface area contributed by atoms with Crippen LogP contribution in [0.3, 0.4) is 0 Å². The lowest BCUT2D eigenvalue weighted by molar-refractivity contribution is -0.146. The van der Waals surface area contributed by atoms with E-state index in [0.29, 0.717) is 17.9 Å². The fraction of sp³-hybridized carbons (Fsp3) is 0.467. The first kappa shape index (κ1) is 17.1. The average molecular weight is 296 g/mol. The van der Waals surface area contributed by atoms with Crippen LogP contribution in [-0.2, 0) is 14.3 Å². The molecule has 0 amide bonds. The van der Waals surface area contributed by atoms with E-state index >= 15 is 0 Å². The van der Waals surface area contributed by atoms with Gasteiger partial charge in [0.05, 0.1) is 6.61 Å². The molecule has 0 radical (unpaired) electrons. The lowest BCUT2D eigenvalue weighted by Crippen LogP contribution is -2.17. The standard InChI is InChI=1S/C12H12O5.C3H8O/c13-5-9-1-3-10(4-2-9)16-8-12(14)17-7-11-6-15-11;1-3(2)4/h1-5,11H,6-8H2;3-4H,1-2H3. The lowest BCUT2D eigenvalue weighted by atomic mass is 10.2. The fourth-order valence-corrected chi connectivity index (χ4v) is 1.18. The van der Waals surface area contributed by atoms with Gasteiger partial charge >= 0.3 is 5.97 Å². The molecular formula is C15H20O6. The summed E-state index contributed by atoms with van der Waals surface area (Å²) in [4.78, 5) is 21.6. The number of carbonyl (C=O) groups excluding carboxylic acids is 2. The summed E-state index contributed by atoms with van der Waals surface area (Å²) in [5, 5.41) is 8.06. The smallest absolute Gasteiger partial charge is 0.344 e. The number of aliphatic hydroxyl groups excluding tert-OH is 1. The Bertz CT molecular complexity index is 433. The van der Waals surface area contributed by atoms with Gasteiger partial charge in [0.15, 0.2) is 6.61 Å². The first-order chi connectivity index (χ1) is 10.0. The summed E-state index contributed by atoms with van der Waals surface area (Å²) in [6, 6.07) is 6.49.